The average molecular weight is 354 g/mol. The summed E-state index contributed by atoms with van der Waals surface area (Å²) in [6, 6.07) is 7.26. The fourth-order valence-electron chi connectivity index (χ4n) is 3.78. The van der Waals surface area contributed by atoms with Crippen molar-refractivity contribution < 1.29 is 14.3 Å². The first-order chi connectivity index (χ1) is 12.6. The van der Waals surface area contributed by atoms with Gasteiger partial charge in [0, 0.05) is 42.8 Å². The Morgan fingerprint density at radius 3 is 3.12 bits per heavy atom. The highest BCUT2D eigenvalue weighted by atomic mass is 16.5. The molecule has 1 aromatic heterocycles. The summed E-state index contributed by atoms with van der Waals surface area (Å²) in [5.41, 5.74) is 2.91. The van der Waals surface area contributed by atoms with Gasteiger partial charge in [-0.25, -0.2) is 4.98 Å². The molecule has 0 radical (unpaired) electrons. The molecule has 7 heteroatoms. The molecule has 7 nitrogen and oxygen atoms in total. The number of carbonyl (C=O) groups excluding carboxylic acids is 2. The number of imidazole rings is 1. The molecule has 0 spiro atoms. The van der Waals surface area contributed by atoms with Gasteiger partial charge in [0.2, 0.25) is 11.8 Å². The minimum Gasteiger partial charge on any atom is -0.497 e. The number of aromatic nitrogens is 2. The van der Waals surface area contributed by atoms with Crippen molar-refractivity contribution in [1.29, 1.82) is 0 Å². The first kappa shape index (κ1) is 16.6. The summed E-state index contributed by atoms with van der Waals surface area (Å²) >= 11 is 0. The van der Waals surface area contributed by atoms with E-state index in [-0.39, 0.29) is 23.8 Å². The van der Waals surface area contributed by atoms with Gasteiger partial charge < -0.3 is 19.9 Å². The second kappa shape index (κ2) is 6.82. The molecule has 0 unspecified atom stereocenters. The molecule has 26 heavy (non-hydrogen) atoms. The Balaban J connectivity index is 1.39. The van der Waals surface area contributed by atoms with Crippen LogP contribution in [-0.4, -0.2) is 41.5 Å². The normalized spacial score (nSPS) is 22.2. The van der Waals surface area contributed by atoms with Crippen LogP contribution in [0.1, 0.15) is 24.2 Å². The number of ether oxygens (including phenoxy) is 1. The fraction of sp³-hybridized carbons (Fsp3) is 0.421. The van der Waals surface area contributed by atoms with Crippen LogP contribution in [0.5, 0.6) is 5.75 Å². The van der Waals surface area contributed by atoms with Crippen LogP contribution in [0.3, 0.4) is 0 Å². The van der Waals surface area contributed by atoms with E-state index in [4.69, 9.17) is 4.74 Å². The molecule has 136 valence electrons. The van der Waals surface area contributed by atoms with Crippen LogP contribution in [0.25, 0.3) is 0 Å². The number of aryl methyl sites for hydroxylation is 1. The van der Waals surface area contributed by atoms with Gasteiger partial charge in [-0.15, -0.1) is 0 Å². The molecule has 0 bridgehead atoms. The zero-order valence-corrected chi connectivity index (χ0v) is 14.7. The Bertz CT molecular complexity index is 832. The minimum atomic E-state index is -0.163. The number of fused-ring (bicyclic) bond motifs is 1. The van der Waals surface area contributed by atoms with E-state index in [9.17, 15) is 9.59 Å². The van der Waals surface area contributed by atoms with Crippen molar-refractivity contribution in [3.05, 3.63) is 42.0 Å². The number of rotatable bonds is 4. The third-order valence-corrected chi connectivity index (χ3v) is 5.19. The van der Waals surface area contributed by atoms with Gasteiger partial charge in [0.25, 0.3) is 0 Å². The Labute approximate surface area is 151 Å². The van der Waals surface area contributed by atoms with Crippen molar-refractivity contribution in [1.82, 2.24) is 15.3 Å². The summed E-state index contributed by atoms with van der Waals surface area (Å²) in [7, 11) is 1.60. The van der Waals surface area contributed by atoms with Gasteiger partial charge in [-0.1, -0.05) is 6.07 Å². The van der Waals surface area contributed by atoms with Gasteiger partial charge in [-0.3, -0.25) is 9.59 Å². The lowest BCUT2D eigenvalue weighted by Crippen LogP contribution is -2.42. The van der Waals surface area contributed by atoms with Gasteiger partial charge in [-0.2, -0.15) is 0 Å². The number of amides is 2. The van der Waals surface area contributed by atoms with Crippen molar-refractivity contribution in [2.24, 2.45) is 5.92 Å². The number of benzene rings is 1. The highest BCUT2D eigenvalue weighted by molar-refractivity contribution is 5.97. The number of nitrogens with one attached hydrogen (secondary N) is 2. The molecule has 2 atom stereocenters. The number of nitrogens with zero attached hydrogens (tertiary/aromatic N) is 2. The Morgan fingerprint density at radius 2 is 2.27 bits per heavy atom. The van der Waals surface area contributed by atoms with Gasteiger partial charge in [-0.05, 0) is 25.0 Å². The molecular formula is C19H22N4O3. The largest absolute Gasteiger partial charge is 0.497 e. The van der Waals surface area contributed by atoms with Crippen molar-refractivity contribution in [2.75, 3.05) is 18.6 Å². The quantitative estimate of drug-likeness (QED) is 0.870. The van der Waals surface area contributed by atoms with Crippen molar-refractivity contribution in [2.45, 2.75) is 31.7 Å². The summed E-state index contributed by atoms with van der Waals surface area (Å²) in [5, 5.41) is 3.06. The number of H-pyrrole nitrogens is 1. The van der Waals surface area contributed by atoms with Crippen molar-refractivity contribution in [3.8, 4) is 5.75 Å². The fourth-order valence-corrected chi connectivity index (χ4v) is 3.78. The van der Waals surface area contributed by atoms with Crippen LogP contribution in [0.15, 0.2) is 30.6 Å². The minimum absolute atomic E-state index is 0.0167. The summed E-state index contributed by atoms with van der Waals surface area (Å²) in [6.45, 7) is 0.486. The van der Waals surface area contributed by atoms with Crippen LogP contribution in [-0.2, 0) is 22.4 Å². The molecule has 4 rings (SSSR count). The molecule has 1 aliphatic heterocycles. The Hall–Kier alpha value is -2.83. The molecule has 2 aliphatic rings. The van der Waals surface area contributed by atoms with E-state index in [0.717, 1.165) is 29.9 Å². The predicted octanol–water partition coefficient (Wildman–Crippen LogP) is 1.44. The Kier molecular flexibility index (Phi) is 4.36. The summed E-state index contributed by atoms with van der Waals surface area (Å²) in [5.74, 6) is 0.683. The molecule has 1 aliphatic carbocycles. The lowest BCUT2D eigenvalue weighted by molar-refractivity contribution is -0.126. The maximum atomic E-state index is 12.6. The molecule has 1 saturated heterocycles. The van der Waals surface area contributed by atoms with Crippen LogP contribution in [0.2, 0.25) is 0 Å². The standard InChI is InChI=1S/C19H22N4O3/c1-26-15-4-2-3-14(9-15)23-10-13(8-18(23)24)22-19(25)12-5-6-16-17(7-12)21-11-20-16/h2-4,9,11-13H,5-8,10H2,1H3,(H,20,21)(H,22,25)/t12-,13-/m1/s1. The predicted molar refractivity (Wildman–Crippen MR) is 96.0 cm³/mol. The van der Waals surface area contributed by atoms with Crippen molar-refractivity contribution in [3.63, 3.8) is 0 Å². The van der Waals surface area contributed by atoms with E-state index in [1.54, 1.807) is 18.3 Å². The molecule has 2 N–H and O–H groups in total. The third-order valence-electron chi connectivity index (χ3n) is 5.19. The van der Waals surface area contributed by atoms with E-state index in [1.807, 2.05) is 24.3 Å². The smallest absolute Gasteiger partial charge is 0.229 e. The van der Waals surface area contributed by atoms with Crippen LogP contribution in [0, 0.1) is 5.92 Å². The average Bonchev–Trinajstić information content (AvgIpc) is 3.27. The van der Waals surface area contributed by atoms with Crippen LogP contribution >= 0.6 is 0 Å². The number of aromatic amines is 1. The monoisotopic (exact) mass is 354 g/mol. The van der Waals surface area contributed by atoms with Crippen LogP contribution < -0.4 is 15.0 Å². The van der Waals surface area contributed by atoms with E-state index in [1.165, 1.54) is 0 Å². The molecule has 2 aromatic rings. The van der Waals surface area contributed by atoms with E-state index in [2.05, 4.69) is 15.3 Å². The van der Waals surface area contributed by atoms with E-state index in [0.29, 0.717) is 25.1 Å². The maximum absolute atomic E-state index is 12.6. The second-order valence-corrected chi connectivity index (χ2v) is 6.88. The van der Waals surface area contributed by atoms with Crippen LogP contribution in [0.4, 0.5) is 5.69 Å². The summed E-state index contributed by atoms with van der Waals surface area (Å²) in [6.07, 6.45) is 4.30. The molecule has 2 heterocycles. The van der Waals surface area contributed by atoms with Gasteiger partial charge in [0.15, 0.2) is 0 Å². The second-order valence-electron chi connectivity index (χ2n) is 6.88. The number of anilines is 1. The molecule has 1 aromatic carbocycles. The number of carbonyl (C=O) groups is 2. The topological polar surface area (TPSA) is 87.3 Å². The SMILES string of the molecule is COc1cccc(N2C[C@H](NC(=O)[C@@H]3CCc4nc[nH]c4C3)CC2=O)c1. The number of methoxy groups -OCH3 is 1. The zero-order valence-electron chi connectivity index (χ0n) is 14.7. The number of hydrogen-bond acceptors (Lipinski definition) is 4. The van der Waals surface area contributed by atoms with Gasteiger partial charge in [0.05, 0.1) is 25.2 Å². The van der Waals surface area contributed by atoms with E-state index < -0.39 is 0 Å². The number of hydrogen-bond donors (Lipinski definition) is 2. The van der Waals surface area contributed by atoms with Gasteiger partial charge in [0.1, 0.15) is 5.75 Å². The zero-order chi connectivity index (χ0) is 18.1. The first-order valence-corrected chi connectivity index (χ1v) is 8.90. The molecule has 0 saturated carbocycles. The molecule has 2 amide bonds. The maximum Gasteiger partial charge on any atom is 0.229 e. The molecule has 1 fully saturated rings. The Morgan fingerprint density at radius 1 is 1.38 bits per heavy atom. The summed E-state index contributed by atoms with van der Waals surface area (Å²) < 4.78 is 5.23. The van der Waals surface area contributed by atoms with Gasteiger partial charge >= 0.3 is 0 Å². The third kappa shape index (κ3) is 3.16. The van der Waals surface area contributed by atoms with Crippen molar-refractivity contribution >= 4 is 17.5 Å². The van der Waals surface area contributed by atoms with E-state index >= 15 is 0 Å². The summed E-state index contributed by atoms with van der Waals surface area (Å²) in [4.78, 5) is 34.1. The lowest BCUT2D eigenvalue weighted by atomic mass is 9.89. The highest BCUT2D eigenvalue weighted by Gasteiger charge is 2.34. The molecular weight excluding hydrogens is 332 g/mol. The first-order valence-electron chi connectivity index (χ1n) is 8.90. The lowest BCUT2D eigenvalue weighted by Gasteiger charge is -2.23. The highest BCUT2D eigenvalue weighted by Crippen LogP contribution is 2.27.